The Bertz CT molecular complexity index is 235. The second-order valence-corrected chi connectivity index (χ2v) is 4.31. The second kappa shape index (κ2) is 10.2. The van der Waals surface area contributed by atoms with Crippen molar-refractivity contribution in [3.05, 3.63) is 12.2 Å². The number of hydrogen-bond donors (Lipinski definition) is 0. The zero-order valence-corrected chi connectivity index (χ0v) is 11.5. The molecule has 0 saturated heterocycles. The fraction of sp³-hybridized carbons (Fsp3) is 0.600. The zero-order valence-electron chi connectivity index (χ0n) is 10.3. The van der Waals surface area contributed by atoms with Crippen LogP contribution in [0.25, 0.3) is 0 Å². The molecular weight excluding hydrogens is 244 g/mol. The lowest BCUT2D eigenvalue weighted by atomic mass is 10.6. The summed E-state index contributed by atoms with van der Waals surface area (Å²) in [5, 5.41) is 0. The molecule has 1 aliphatic heterocycles. The SMILES string of the molecule is CCO[SiH](OCC)OCC.O=C1C=CC(=O)O1. The van der Waals surface area contributed by atoms with Gasteiger partial charge in [0.05, 0.1) is 0 Å². The van der Waals surface area contributed by atoms with Crippen LogP contribution in [-0.2, 0) is 27.6 Å². The molecule has 98 valence electrons. The summed E-state index contributed by atoms with van der Waals surface area (Å²) in [5.74, 6) is -1.16. The van der Waals surface area contributed by atoms with Crippen molar-refractivity contribution in [1.29, 1.82) is 0 Å². The van der Waals surface area contributed by atoms with Crippen LogP contribution in [0.15, 0.2) is 12.2 Å². The van der Waals surface area contributed by atoms with E-state index in [-0.39, 0.29) is 0 Å². The van der Waals surface area contributed by atoms with Gasteiger partial charge in [-0.25, -0.2) is 9.59 Å². The number of esters is 2. The van der Waals surface area contributed by atoms with Crippen molar-refractivity contribution in [2.45, 2.75) is 20.8 Å². The molecule has 0 unspecified atom stereocenters. The monoisotopic (exact) mass is 262 g/mol. The van der Waals surface area contributed by atoms with Crippen molar-refractivity contribution in [3.8, 4) is 0 Å². The van der Waals surface area contributed by atoms with E-state index in [0.717, 1.165) is 12.2 Å². The fourth-order valence-corrected chi connectivity index (χ4v) is 1.96. The summed E-state index contributed by atoms with van der Waals surface area (Å²) in [7, 11) is -1.73. The highest BCUT2D eigenvalue weighted by atomic mass is 28.3. The third-order valence-corrected chi connectivity index (χ3v) is 3.28. The molecule has 0 atom stereocenters. The predicted octanol–water partition coefficient (Wildman–Crippen LogP) is 0.439. The maximum Gasteiger partial charge on any atom is 0.484 e. The first kappa shape index (κ1) is 16.0. The van der Waals surface area contributed by atoms with Gasteiger partial charge >= 0.3 is 21.5 Å². The fourth-order valence-electron chi connectivity index (χ4n) is 0.856. The first-order chi connectivity index (χ1) is 8.13. The van der Waals surface area contributed by atoms with Gasteiger partial charge < -0.3 is 18.0 Å². The average Bonchev–Trinajstić information content (AvgIpc) is 2.65. The number of ether oxygens (including phenoxy) is 1. The van der Waals surface area contributed by atoms with E-state index in [1.54, 1.807) is 0 Å². The van der Waals surface area contributed by atoms with E-state index in [9.17, 15) is 9.59 Å². The Morgan fingerprint density at radius 1 is 0.941 bits per heavy atom. The van der Waals surface area contributed by atoms with Gasteiger partial charge in [0, 0.05) is 32.0 Å². The van der Waals surface area contributed by atoms with Gasteiger partial charge in [-0.2, -0.15) is 0 Å². The second-order valence-electron chi connectivity index (χ2n) is 2.73. The van der Waals surface area contributed by atoms with Crippen molar-refractivity contribution in [2.24, 2.45) is 0 Å². The largest absolute Gasteiger partial charge is 0.484 e. The highest BCUT2D eigenvalue weighted by molar-refractivity contribution is 6.36. The normalized spacial score (nSPS) is 13.6. The van der Waals surface area contributed by atoms with Gasteiger partial charge in [0.25, 0.3) is 0 Å². The molecule has 17 heavy (non-hydrogen) atoms. The van der Waals surface area contributed by atoms with E-state index >= 15 is 0 Å². The molecule has 1 rings (SSSR count). The molecule has 0 aromatic heterocycles. The van der Waals surface area contributed by atoms with Gasteiger partial charge in [0.15, 0.2) is 0 Å². The lowest BCUT2D eigenvalue weighted by molar-refractivity contribution is -0.150. The predicted molar refractivity (Wildman–Crippen MR) is 62.3 cm³/mol. The highest BCUT2D eigenvalue weighted by Crippen LogP contribution is 1.92. The molecule has 1 aliphatic rings. The van der Waals surface area contributed by atoms with Crippen LogP contribution >= 0.6 is 0 Å². The van der Waals surface area contributed by atoms with Gasteiger partial charge in [-0.15, -0.1) is 0 Å². The third kappa shape index (κ3) is 8.75. The molecule has 0 spiro atoms. The maximum absolute atomic E-state index is 9.92. The van der Waals surface area contributed by atoms with Crippen molar-refractivity contribution < 1.29 is 27.6 Å². The molecule has 0 saturated carbocycles. The van der Waals surface area contributed by atoms with Crippen LogP contribution < -0.4 is 0 Å². The molecule has 1 heterocycles. The number of cyclic esters (lactones) is 2. The molecule has 0 amide bonds. The summed E-state index contributed by atoms with van der Waals surface area (Å²) >= 11 is 0. The van der Waals surface area contributed by atoms with Crippen molar-refractivity contribution in [1.82, 2.24) is 0 Å². The highest BCUT2D eigenvalue weighted by Gasteiger charge is 2.11. The topological polar surface area (TPSA) is 71.1 Å². The molecule has 0 aliphatic carbocycles. The maximum atomic E-state index is 9.92. The molecular formula is C10H18O6Si. The van der Waals surface area contributed by atoms with Crippen LogP contribution in [0, 0.1) is 0 Å². The van der Waals surface area contributed by atoms with Crippen LogP contribution in [0.5, 0.6) is 0 Å². The van der Waals surface area contributed by atoms with Crippen LogP contribution in [-0.4, -0.2) is 41.3 Å². The van der Waals surface area contributed by atoms with Gasteiger partial charge in [-0.3, -0.25) is 0 Å². The summed E-state index contributed by atoms with van der Waals surface area (Å²) in [6.45, 7) is 7.86. The van der Waals surface area contributed by atoms with Crippen LogP contribution in [0.1, 0.15) is 20.8 Å². The molecule has 0 fully saturated rings. The summed E-state index contributed by atoms with van der Waals surface area (Å²) in [6, 6.07) is 0. The molecule has 0 aromatic rings. The number of carbonyl (C=O) groups is 2. The Hall–Kier alpha value is -1.02. The molecule has 0 bridgehead atoms. The molecule has 0 N–H and O–H groups in total. The quantitative estimate of drug-likeness (QED) is 0.393. The standard InChI is InChI=1S/C6H16O3Si.C4H2O3/c1-4-7-10(8-5-2)9-6-3;5-3-1-2-4(6)7-3/h10H,4-6H2,1-3H3;1-2H. The smallest absolute Gasteiger partial charge is 0.387 e. The van der Waals surface area contributed by atoms with Gasteiger partial charge in [-0.05, 0) is 20.8 Å². The number of carbonyl (C=O) groups excluding carboxylic acids is 2. The summed E-state index contributed by atoms with van der Waals surface area (Å²) in [4.78, 5) is 19.8. The minimum Gasteiger partial charge on any atom is -0.387 e. The van der Waals surface area contributed by atoms with Crippen LogP contribution in [0.4, 0.5) is 0 Å². The van der Waals surface area contributed by atoms with Crippen molar-refractivity contribution >= 4 is 21.5 Å². The third-order valence-electron chi connectivity index (χ3n) is 1.46. The summed E-state index contributed by atoms with van der Waals surface area (Å²) < 4.78 is 19.6. The Morgan fingerprint density at radius 2 is 1.29 bits per heavy atom. The first-order valence-electron chi connectivity index (χ1n) is 5.42. The summed E-state index contributed by atoms with van der Waals surface area (Å²) in [6.07, 6.45) is 2.17. The Balaban J connectivity index is 0.000000318. The lowest BCUT2D eigenvalue weighted by Crippen LogP contribution is -2.27. The van der Waals surface area contributed by atoms with Gasteiger partial charge in [-0.1, -0.05) is 0 Å². The van der Waals surface area contributed by atoms with E-state index < -0.39 is 21.5 Å². The van der Waals surface area contributed by atoms with Crippen LogP contribution in [0.2, 0.25) is 0 Å². The first-order valence-corrected chi connectivity index (χ1v) is 6.84. The Labute approximate surface area is 102 Å². The van der Waals surface area contributed by atoms with Crippen molar-refractivity contribution in [2.75, 3.05) is 19.8 Å². The number of hydrogen-bond acceptors (Lipinski definition) is 6. The van der Waals surface area contributed by atoms with Crippen molar-refractivity contribution in [3.63, 3.8) is 0 Å². The molecule has 0 radical (unpaired) electrons. The van der Waals surface area contributed by atoms with Gasteiger partial charge in [0.2, 0.25) is 0 Å². The molecule has 7 heteroatoms. The number of rotatable bonds is 6. The minimum atomic E-state index is -1.73. The van der Waals surface area contributed by atoms with Crippen LogP contribution in [0.3, 0.4) is 0 Å². The lowest BCUT2D eigenvalue weighted by Gasteiger charge is -2.12. The molecule has 0 aromatic carbocycles. The van der Waals surface area contributed by atoms with E-state index in [1.165, 1.54) is 0 Å². The minimum absolute atomic E-state index is 0.579. The van der Waals surface area contributed by atoms with E-state index in [1.807, 2.05) is 20.8 Å². The van der Waals surface area contributed by atoms with E-state index in [4.69, 9.17) is 13.3 Å². The van der Waals surface area contributed by atoms with E-state index in [2.05, 4.69) is 4.74 Å². The molecule has 6 nitrogen and oxygen atoms in total. The average molecular weight is 262 g/mol. The van der Waals surface area contributed by atoms with E-state index in [0.29, 0.717) is 19.8 Å². The Morgan fingerprint density at radius 3 is 1.47 bits per heavy atom. The zero-order chi connectivity index (χ0) is 13.1. The summed E-state index contributed by atoms with van der Waals surface area (Å²) in [5.41, 5.74) is 0. The van der Waals surface area contributed by atoms with Gasteiger partial charge in [0.1, 0.15) is 0 Å². The Kier molecular flexibility index (Phi) is 9.54.